The SMILES string of the molecule is CC(C)c1cccc(C(C)C)c1/C([O-])=C(/[O-])c1c(C(C)C)cccc1C(C)C.CC(C)c1cccc(C(C)C)c1/C([O-])=C(/[O-])c1c(C(C)C)cccc1C(C)C.CC(C)c1cccc(C(C)C)c1/C([O-])=C(/[O-])c1c(C(C)C)cccc1C(C)C.[Cr+6]. The summed E-state index contributed by atoms with van der Waals surface area (Å²) < 4.78 is 0. The van der Waals surface area contributed by atoms with Crippen LogP contribution in [0.4, 0.5) is 0 Å². The van der Waals surface area contributed by atoms with E-state index in [0.717, 1.165) is 66.8 Å². The molecule has 6 rings (SSSR count). The normalized spacial score (nSPS) is 12.8. The summed E-state index contributed by atoms with van der Waals surface area (Å²) in [6, 6.07) is 35.7. The van der Waals surface area contributed by atoms with E-state index in [1.165, 1.54) is 0 Å². The Morgan fingerprint density at radius 3 is 0.306 bits per heavy atom. The van der Waals surface area contributed by atoms with Gasteiger partial charge in [-0.25, -0.2) is 0 Å². The zero-order valence-electron chi connectivity index (χ0n) is 56.2. The molecule has 0 aliphatic carbocycles. The Balaban J connectivity index is 0.000000332. The second-order valence-corrected chi connectivity index (χ2v) is 26.7. The standard InChI is InChI=1S/3C26H36O2.Cr/c3*1-15(2)19-11-9-12-20(16(3)4)23(19)25(27)26(28)24-21(17(5)6)13-10-14-22(24)18(7)8;/h3*9-18,27-28H,1-8H3;/q;;;+6/p-6/b3*26-25-;. The molecule has 456 valence electrons. The summed E-state index contributed by atoms with van der Waals surface area (Å²) in [5.41, 5.74) is 15.1. The van der Waals surface area contributed by atoms with Crippen molar-refractivity contribution in [2.24, 2.45) is 0 Å². The van der Waals surface area contributed by atoms with Crippen molar-refractivity contribution in [1.82, 2.24) is 0 Å². The first kappa shape index (κ1) is 73.1. The predicted molar refractivity (Wildman–Crippen MR) is 348 cm³/mol. The summed E-state index contributed by atoms with van der Waals surface area (Å²) in [6.07, 6.45) is 0. The topological polar surface area (TPSA) is 138 Å². The van der Waals surface area contributed by atoms with Crippen molar-refractivity contribution in [1.29, 1.82) is 0 Å². The summed E-state index contributed by atoms with van der Waals surface area (Å²) in [5, 5.41) is 81.6. The van der Waals surface area contributed by atoms with Gasteiger partial charge in [0.2, 0.25) is 0 Å². The molecule has 0 unspecified atom stereocenters. The van der Waals surface area contributed by atoms with Crippen molar-refractivity contribution in [2.45, 2.75) is 237 Å². The molecule has 6 aromatic rings. The molecule has 7 heteroatoms. The van der Waals surface area contributed by atoms with Crippen LogP contribution < -0.4 is 30.6 Å². The van der Waals surface area contributed by atoms with Gasteiger partial charge in [-0.15, -0.1) is 34.6 Å². The van der Waals surface area contributed by atoms with Gasteiger partial charge >= 0.3 is 17.4 Å². The van der Waals surface area contributed by atoms with E-state index in [4.69, 9.17) is 0 Å². The Kier molecular flexibility index (Phi) is 27.6. The van der Waals surface area contributed by atoms with Gasteiger partial charge in [0.25, 0.3) is 0 Å². The molecule has 0 bridgehead atoms. The Bertz CT molecular complexity index is 2540. The third-order valence-electron chi connectivity index (χ3n) is 16.2. The van der Waals surface area contributed by atoms with Gasteiger partial charge in [0, 0.05) is 0 Å². The zero-order valence-corrected chi connectivity index (χ0v) is 57.5. The van der Waals surface area contributed by atoms with Gasteiger partial charge in [-0.05, 0) is 171 Å². The van der Waals surface area contributed by atoms with Gasteiger partial charge in [-0.3, -0.25) is 0 Å². The average Bonchev–Trinajstić information content (AvgIpc) is 3.44. The molecule has 0 fully saturated rings. The largest absolute Gasteiger partial charge is 6.00 e. The average molecular weight is 1190 g/mol. The zero-order chi connectivity index (χ0) is 63.5. The monoisotopic (exact) mass is 1190 g/mol. The van der Waals surface area contributed by atoms with Crippen molar-refractivity contribution in [3.63, 3.8) is 0 Å². The van der Waals surface area contributed by atoms with Crippen molar-refractivity contribution in [2.75, 3.05) is 0 Å². The molecular formula is C78H102CrO6. The number of hydrogen-bond acceptors (Lipinski definition) is 6. The van der Waals surface area contributed by atoms with E-state index in [9.17, 15) is 30.6 Å². The number of hydrogen-bond donors (Lipinski definition) is 0. The van der Waals surface area contributed by atoms with Crippen LogP contribution in [0.5, 0.6) is 0 Å². The van der Waals surface area contributed by atoms with Crippen LogP contribution in [0.2, 0.25) is 0 Å². The second-order valence-electron chi connectivity index (χ2n) is 26.7. The minimum atomic E-state index is -0.372. The van der Waals surface area contributed by atoms with Crippen LogP contribution >= 0.6 is 0 Å². The van der Waals surface area contributed by atoms with Crippen LogP contribution in [0.25, 0.3) is 34.6 Å². The maximum absolute atomic E-state index is 13.6. The van der Waals surface area contributed by atoms with E-state index in [-0.39, 0.29) is 123 Å². The summed E-state index contributed by atoms with van der Waals surface area (Å²) >= 11 is 0. The molecular weight excluding hydrogens is 1080 g/mol. The maximum Gasteiger partial charge on any atom is 6.00 e. The summed E-state index contributed by atoms with van der Waals surface area (Å²) in [7, 11) is 0. The molecule has 6 aromatic carbocycles. The summed E-state index contributed by atoms with van der Waals surface area (Å²) in [6.45, 7) is 49.7. The second kappa shape index (κ2) is 32.0. The molecule has 6 nitrogen and oxygen atoms in total. The van der Waals surface area contributed by atoms with E-state index in [2.05, 4.69) is 166 Å². The van der Waals surface area contributed by atoms with Crippen molar-refractivity contribution in [3.05, 3.63) is 209 Å². The minimum Gasteiger partial charge on any atom is -0.872 e. The molecule has 85 heavy (non-hydrogen) atoms. The van der Waals surface area contributed by atoms with Crippen LogP contribution in [0.15, 0.2) is 109 Å². The smallest absolute Gasteiger partial charge is 0.872 e. The molecule has 0 heterocycles. The van der Waals surface area contributed by atoms with Crippen LogP contribution in [-0.4, -0.2) is 0 Å². The van der Waals surface area contributed by atoms with Gasteiger partial charge in [0.05, 0.1) is 0 Å². The quantitative estimate of drug-likeness (QED) is 0.0620. The Morgan fingerprint density at radius 2 is 0.247 bits per heavy atom. The predicted octanol–water partition coefficient (Wildman–Crippen LogP) is 17.2. The fraction of sp³-hybridized carbons (Fsp3) is 0.462. The molecule has 0 N–H and O–H groups in total. The Labute approximate surface area is 526 Å². The fourth-order valence-corrected chi connectivity index (χ4v) is 11.6. The van der Waals surface area contributed by atoms with E-state index >= 15 is 0 Å². The van der Waals surface area contributed by atoms with Gasteiger partial charge in [0.15, 0.2) is 0 Å². The molecule has 0 spiro atoms. The summed E-state index contributed by atoms with van der Waals surface area (Å²) in [5.74, 6) is -0.118. The Morgan fingerprint density at radius 1 is 0.176 bits per heavy atom. The molecule has 0 saturated heterocycles. The first-order chi connectivity index (χ1) is 39.2. The third-order valence-corrected chi connectivity index (χ3v) is 16.2. The molecule has 0 radical (unpaired) electrons. The van der Waals surface area contributed by atoms with E-state index in [1.54, 1.807) is 0 Å². The van der Waals surface area contributed by atoms with Crippen molar-refractivity contribution >= 4 is 34.6 Å². The van der Waals surface area contributed by atoms with Crippen molar-refractivity contribution < 1.29 is 48.0 Å². The first-order valence-electron chi connectivity index (χ1n) is 31.3. The van der Waals surface area contributed by atoms with Crippen LogP contribution in [0.1, 0.15) is 337 Å². The molecule has 0 aromatic heterocycles. The molecule has 0 atom stereocenters. The maximum atomic E-state index is 13.6. The third kappa shape index (κ3) is 17.1. The fourth-order valence-electron chi connectivity index (χ4n) is 11.6. The number of benzene rings is 6. The minimum absolute atomic E-state index is 0. The van der Waals surface area contributed by atoms with E-state index < -0.39 is 0 Å². The number of rotatable bonds is 18. The molecule has 0 aliphatic heterocycles. The van der Waals surface area contributed by atoms with Crippen LogP contribution in [0, 0.1) is 0 Å². The molecule has 0 amide bonds. The Hall–Kier alpha value is -6.13. The van der Waals surface area contributed by atoms with E-state index in [0.29, 0.717) is 33.4 Å². The van der Waals surface area contributed by atoms with Gasteiger partial charge < -0.3 is 30.6 Å². The van der Waals surface area contributed by atoms with Crippen LogP contribution in [-0.2, 0) is 17.4 Å². The van der Waals surface area contributed by atoms with Gasteiger partial charge in [-0.2, -0.15) is 0 Å². The first-order valence-corrected chi connectivity index (χ1v) is 31.3. The van der Waals surface area contributed by atoms with Gasteiger partial charge in [-0.1, -0.05) is 275 Å². The van der Waals surface area contributed by atoms with Gasteiger partial charge in [0.1, 0.15) is 0 Å². The summed E-state index contributed by atoms with van der Waals surface area (Å²) in [4.78, 5) is 0. The molecule has 0 saturated carbocycles. The van der Waals surface area contributed by atoms with E-state index in [1.807, 2.05) is 109 Å². The molecule has 0 aliphatic rings. The van der Waals surface area contributed by atoms with Crippen LogP contribution in [0.3, 0.4) is 0 Å². The van der Waals surface area contributed by atoms with Crippen molar-refractivity contribution in [3.8, 4) is 0 Å².